The zero-order valence-electron chi connectivity index (χ0n) is 13.4. The lowest BCUT2D eigenvalue weighted by Crippen LogP contribution is -2.20. The van der Waals surface area contributed by atoms with Crippen LogP contribution in [0, 0.1) is 5.41 Å². The van der Waals surface area contributed by atoms with E-state index < -0.39 is 6.10 Å². The molecule has 0 aliphatic carbocycles. The first-order chi connectivity index (χ1) is 9.84. The van der Waals surface area contributed by atoms with E-state index in [-0.39, 0.29) is 5.41 Å². The number of hydrogen-bond acceptors (Lipinski definition) is 4. The number of rotatable bonds is 10. The topological polar surface area (TPSA) is 49.3 Å². The van der Waals surface area contributed by atoms with Crippen molar-refractivity contribution < 1.29 is 9.90 Å². The van der Waals surface area contributed by atoms with Gasteiger partial charge in [-0.15, -0.1) is 11.8 Å². The van der Waals surface area contributed by atoms with Crippen molar-refractivity contribution in [3.05, 3.63) is 47.7 Å². The Balaban J connectivity index is 4.26. The molecule has 0 aromatic carbocycles. The fourth-order valence-electron chi connectivity index (χ4n) is 1.72. The van der Waals surface area contributed by atoms with E-state index in [1.807, 2.05) is 45.3 Å². The first kappa shape index (κ1) is 19.7. The maximum atomic E-state index is 10.5. The molecule has 1 unspecified atom stereocenters. The van der Waals surface area contributed by atoms with Gasteiger partial charge in [0.05, 0.1) is 6.10 Å². The van der Waals surface area contributed by atoms with Crippen molar-refractivity contribution >= 4 is 18.0 Å². The Morgan fingerprint density at radius 3 is 2.62 bits per heavy atom. The number of carbonyl (C=O) groups is 1. The minimum atomic E-state index is -0.582. The predicted molar refractivity (Wildman–Crippen MR) is 92.9 cm³/mol. The molecule has 118 valence electrons. The van der Waals surface area contributed by atoms with E-state index >= 15 is 0 Å². The maximum absolute atomic E-state index is 10.5. The lowest BCUT2D eigenvalue weighted by Gasteiger charge is -2.23. The van der Waals surface area contributed by atoms with Gasteiger partial charge in [0.1, 0.15) is 6.29 Å². The molecule has 0 heterocycles. The van der Waals surface area contributed by atoms with Crippen molar-refractivity contribution in [1.82, 2.24) is 5.32 Å². The van der Waals surface area contributed by atoms with Crippen molar-refractivity contribution in [2.75, 3.05) is 6.26 Å². The normalized spacial score (nSPS) is 14.6. The van der Waals surface area contributed by atoms with Gasteiger partial charge in [0.2, 0.25) is 0 Å². The Morgan fingerprint density at radius 1 is 1.43 bits per heavy atom. The Hall–Kier alpha value is -1.26. The highest BCUT2D eigenvalue weighted by molar-refractivity contribution is 8.02. The number of aliphatic hydroxyl groups is 1. The fraction of sp³-hybridized carbons (Fsp3) is 0.471. The summed E-state index contributed by atoms with van der Waals surface area (Å²) in [6, 6.07) is 0. The summed E-state index contributed by atoms with van der Waals surface area (Å²) in [5, 5.41) is 12.9. The lowest BCUT2D eigenvalue weighted by molar-refractivity contribution is -0.109. The highest BCUT2D eigenvalue weighted by Gasteiger charge is 2.20. The van der Waals surface area contributed by atoms with Crippen LogP contribution in [-0.2, 0) is 4.79 Å². The van der Waals surface area contributed by atoms with Crippen molar-refractivity contribution in [2.24, 2.45) is 5.41 Å². The van der Waals surface area contributed by atoms with Crippen molar-refractivity contribution in [3.63, 3.8) is 0 Å². The Labute approximate surface area is 132 Å². The summed E-state index contributed by atoms with van der Waals surface area (Å²) in [5.74, 6) is 0. The maximum Gasteiger partial charge on any atom is 0.120 e. The van der Waals surface area contributed by atoms with Crippen LogP contribution in [-0.4, -0.2) is 23.8 Å². The first-order valence-electron chi connectivity index (χ1n) is 6.97. The van der Waals surface area contributed by atoms with Gasteiger partial charge < -0.3 is 15.2 Å². The van der Waals surface area contributed by atoms with Gasteiger partial charge in [-0.3, -0.25) is 0 Å². The van der Waals surface area contributed by atoms with Crippen LogP contribution in [0.2, 0.25) is 0 Å². The number of aliphatic hydroxyl groups excluding tert-OH is 1. The Bertz CT molecular complexity index is 423. The van der Waals surface area contributed by atoms with E-state index in [1.54, 1.807) is 24.0 Å². The van der Waals surface area contributed by atoms with E-state index in [9.17, 15) is 9.90 Å². The van der Waals surface area contributed by atoms with Gasteiger partial charge in [0.15, 0.2) is 0 Å². The summed E-state index contributed by atoms with van der Waals surface area (Å²) >= 11 is 1.67. The molecule has 0 aliphatic heterocycles. The van der Waals surface area contributed by atoms with E-state index in [0.717, 1.165) is 16.9 Å². The second-order valence-electron chi connectivity index (χ2n) is 5.56. The van der Waals surface area contributed by atoms with Crippen LogP contribution < -0.4 is 5.32 Å². The molecule has 1 atom stereocenters. The number of aldehydes is 1. The van der Waals surface area contributed by atoms with Crippen LogP contribution in [0.5, 0.6) is 0 Å². The SMILES string of the molecule is C=C(/C=C\C(=C/C)SC)N/C=C/C(O)CC(C)(C)CC=O. The molecule has 0 aliphatic rings. The molecule has 0 saturated carbocycles. The smallest absolute Gasteiger partial charge is 0.120 e. The summed E-state index contributed by atoms with van der Waals surface area (Å²) in [6.07, 6.45) is 12.6. The molecule has 2 N–H and O–H groups in total. The number of thioether (sulfide) groups is 1. The molecule has 0 radical (unpaired) electrons. The predicted octanol–water partition coefficient (Wildman–Crippen LogP) is 3.79. The Morgan fingerprint density at radius 2 is 2.10 bits per heavy atom. The van der Waals surface area contributed by atoms with Gasteiger partial charge in [-0.05, 0) is 49.4 Å². The van der Waals surface area contributed by atoms with E-state index in [4.69, 9.17) is 0 Å². The lowest BCUT2D eigenvalue weighted by atomic mass is 9.84. The monoisotopic (exact) mass is 309 g/mol. The largest absolute Gasteiger partial charge is 0.389 e. The fourth-order valence-corrected chi connectivity index (χ4v) is 2.16. The molecule has 0 saturated heterocycles. The highest BCUT2D eigenvalue weighted by Crippen LogP contribution is 2.25. The minimum Gasteiger partial charge on any atom is -0.389 e. The summed E-state index contributed by atoms with van der Waals surface area (Å²) < 4.78 is 0. The van der Waals surface area contributed by atoms with Gasteiger partial charge in [-0.2, -0.15) is 0 Å². The molecule has 0 fully saturated rings. The number of allylic oxidation sites excluding steroid dienone is 3. The molecular formula is C17H27NO2S. The summed E-state index contributed by atoms with van der Waals surface area (Å²) in [5.41, 5.74) is 0.556. The van der Waals surface area contributed by atoms with Crippen LogP contribution in [0.25, 0.3) is 0 Å². The van der Waals surface area contributed by atoms with Crippen molar-refractivity contribution in [2.45, 2.75) is 39.7 Å². The van der Waals surface area contributed by atoms with E-state index in [0.29, 0.717) is 12.8 Å². The second-order valence-corrected chi connectivity index (χ2v) is 6.44. The molecular weight excluding hydrogens is 282 g/mol. The summed E-state index contributed by atoms with van der Waals surface area (Å²) in [6.45, 7) is 9.81. The minimum absolute atomic E-state index is 0.193. The zero-order chi connectivity index (χ0) is 16.3. The number of hydrogen-bond donors (Lipinski definition) is 2. The van der Waals surface area contributed by atoms with Gasteiger partial charge >= 0.3 is 0 Å². The molecule has 0 aromatic heterocycles. The quantitative estimate of drug-likeness (QED) is 0.476. The molecule has 0 spiro atoms. The average molecular weight is 309 g/mol. The third-order valence-electron chi connectivity index (χ3n) is 2.95. The molecule has 0 amide bonds. The molecule has 0 aromatic rings. The molecule has 3 nitrogen and oxygen atoms in total. The van der Waals surface area contributed by atoms with E-state index in [2.05, 4.69) is 11.9 Å². The third kappa shape index (κ3) is 10.2. The molecule has 21 heavy (non-hydrogen) atoms. The second kappa shape index (κ2) is 10.5. The Kier molecular flexibility index (Phi) is 9.84. The van der Waals surface area contributed by atoms with Gasteiger partial charge in [-0.1, -0.05) is 26.5 Å². The molecule has 0 bridgehead atoms. The van der Waals surface area contributed by atoms with Crippen LogP contribution >= 0.6 is 11.8 Å². The molecule has 4 heteroatoms. The van der Waals surface area contributed by atoms with Crippen LogP contribution in [0.4, 0.5) is 0 Å². The van der Waals surface area contributed by atoms with Crippen LogP contribution in [0.3, 0.4) is 0 Å². The van der Waals surface area contributed by atoms with Crippen molar-refractivity contribution in [3.8, 4) is 0 Å². The van der Waals surface area contributed by atoms with Gasteiger partial charge in [-0.25, -0.2) is 0 Å². The number of carbonyl (C=O) groups excluding carboxylic acids is 1. The first-order valence-corrected chi connectivity index (χ1v) is 8.19. The summed E-state index contributed by atoms with van der Waals surface area (Å²) in [4.78, 5) is 11.7. The van der Waals surface area contributed by atoms with E-state index in [1.165, 1.54) is 0 Å². The highest BCUT2D eigenvalue weighted by atomic mass is 32.2. The van der Waals surface area contributed by atoms with Gasteiger partial charge in [0.25, 0.3) is 0 Å². The summed E-state index contributed by atoms with van der Waals surface area (Å²) in [7, 11) is 0. The van der Waals surface area contributed by atoms with Crippen molar-refractivity contribution in [1.29, 1.82) is 0 Å². The average Bonchev–Trinajstić information content (AvgIpc) is 2.39. The van der Waals surface area contributed by atoms with Crippen LogP contribution in [0.1, 0.15) is 33.6 Å². The molecule has 0 rings (SSSR count). The third-order valence-corrected chi connectivity index (χ3v) is 3.80. The zero-order valence-corrected chi connectivity index (χ0v) is 14.2. The number of nitrogens with one attached hydrogen (secondary N) is 1. The van der Waals surface area contributed by atoms with Gasteiger partial charge in [0, 0.05) is 17.0 Å². The van der Waals surface area contributed by atoms with Crippen LogP contribution in [0.15, 0.2) is 47.7 Å². The standard InChI is InChI=1S/C17H27NO2S/c1-6-16(21-5)8-7-14(2)18-11-9-15(20)13-17(3,4)10-12-19/h6-9,11-12,15,18,20H,2,10,13H2,1,3-5H3/b8-7-,11-9+,16-6+.